The van der Waals surface area contributed by atoms with Gasteiger partial charge in [0.15, 0.2) is 6.29 Å². The van der Waals surface area contributed by atoms with Gasteiger partial charge in [-0.15, -0.1) is 0 Å². The molecule has 194 valence electrons. The molecule has 0 aliphatic carbocycles. The van der Waals surface area contributed by atoms with E-state index >= 15 is 0 Å². The van der Waals surface area contributed by atoms with Gasteiger partial charge >= 0.3 is 0 Å². The Balaban J connectivity index is 0.000000275. The van der Waals surface area contributed by atoms with Gasteiger partial charge < -0.3 is 29.7 Å². The minimum atomic E-state index is -1.01. The Labute approximate surface area is 213 Å². The largest absolute Gasteiger partial charge is 0.386 e. The van der Waals surface area contributed by atoms with Crippen molar-refractivity contribution in [2.75, 3.05) is 0 Å². The van der Waals surface area contributed by atoms with Crippen LogP contribution in [-0.2, 0) is 20.8 Å². The van der Waals surface area contributed by atoms with E-state index in [4.69, 9.17) is 10.2 Å². The van der Waals surface area contributed by atoms with Gasteiger partial charge in [-0.25, -0.2) is 0 Å². The third kappa shape index (κ3) is 13.0. The Bertz CT molecular complexity index is 1000. The fourth-order valence-corrected chi connectivity index (χ4v) is 3.35. The van der Waals surface area contributed by atoms with Crippen molar-refractivity contribution in [3.05, 3.63) is 83.9 Å². The molecule has 0 bridgehead atoms. The lowest BCUT2D eigenvalue weighted by Crippen LogP contribution is -2.08. The molecule has 3 aromatic carbocycles. The number of hydrogen-bond donors (Lipinski definition) is 3. The van der Waals surface area contributed by atoms with Crippen LogP contribution in [0.2, 0.25) is 0 Å². The summed E-state index contributed by atoms with van der Waals surface area (Å²) < 4.78 is 0. The molecule has 36 heavy (non-hydrogen) atoms. The number of aldehydes is 3. The number of unbranched alkanes of at least 4 members (excludes halogenated alkanes) is 3. The van der Waals surface area contributed by atoms with Gasteiger partial charge in [0, 0.05) is 0 Å². The summed E-state index contributed by atoms with van der Waals surface area (Å²) in [5.74, 6) is 0. The van der Waals surface area contributed by atoms with Crippen molar-refractivity contribution >= 4 is 29.6 Å². The highest BCUT2D eigenvalue weighted by molar-refractivity contribution is 5.83. The predicted molar refractivity (Wildman–Crippen MR) is 143 cm³/mol. The SMILES string of the molecule is CCCCCCC(O)C=O.O=CC(O)CCc1ccccc1.O=CC(O)c1ccc2ccccc2c1. The second-order valence-corrected chi connectivity index (χ2v) is 8.47. The zero-order valence-corrected chi connectivity index (χ0v) is 20.9. The lowest BCUT2D eigenvalue weighted by atomic mass is 10.0. The molecule has 0 aromatic heterocycles. The van der Waals surface area contributed by atoms with Gasteiger partial charge in [0.1, 0.15) is 30.9 Å². The fourth-order valence-electron chi connectivity index (χ4n) is 3.35. The summed E-state index contributed by atoms with van der Waals surface area (Å²) in [6, 6.07) is 23.1. The molecule has 3 unspecified atom stereocenters. The van der Waals surface area contributed by atoms with E-state index in [1.54, 1.807) is 6.07 Å². The highest BCUT2D eigenvalue weighted by Gasteiger charge is 2.05. The molecule has 3 aromatic rings. The van der Waals surface area contributed by atoms with Crippen LogP contribution in [0.15, 0.2) is 72.8 Å². The first-order chi connectivity index (χ1) is 17.4. The van der Waals surface area contributed by atoms with Gasteiger partial charge in [-0.3, -0.25) is 0 Å². The number of carbonyl (C=O) groups is 3. The highest BCUT2D eigenvalue weighted by Crippen LogP contribution is 2.19. The molecule has 0 heterocycles. The zero-order chi connectivity index (χ0) is 26.6. The molecule has 3 N–H and O–H groups in total. The van der Waals surface area contributed by atoms with Crippen LogP contribution in [0.25, 0.3) is 10.8 Å². The van der Waals surface area contributed by atoms with Crippen LogP contribution < -0.4 is 0 Å². The molecule has 3 atom stereocenters. The lowest BCUT2D eigenvalue weighted by molar-refractivity contribution is -0.115. The van der Waals surface area contributed by atoms with Crippen LogP contribution in [-0.4, -0.2) is 46.4 Å². The van der Waals surface area contributed by atoms with E-state index in [2.05, 4.69) is 6.92 Å². The average Bonchev–Trinajstić information content (AvgIpc) is 2.94. The first-order valence-electron chi connectivity index (χ1n) is 12.4. The maximum atomic E-state index is 10.4. The number of rotatable bonds is 12. The van der Waals surface area contributed by atoms with E-state index in [9.17, 15) is 19.5 Å². The molecule has 6 heteroatoms. The molecule has 0 saturated carbocycles. The van der Waals surface area contributed by atoms with Gasteiger partial charge in [0.2, 0.25) is 0 Å². The van der Waals surface area contributed by atoms with E-state index in [-0.39, 0.29) is 0 Å². The zero-order valence-electron chi connectivity index (χ0n) is 20.9. The normalized spacial score (nSPS) is 12.7. The van der Waals surface area contributed by atoms with E-state index in [0.29, 0.717) is 37.3 Å². The summed E-state index contributed by atoms with van der Waals surface area (Å²) in [4.78, 5) is 30.4. The molecule has 0 spiro atoms. The fraction of sp³-hybridized carbons (Fsp3) is 0.367. The molecule has 0 saturated heterocycles. The number of aryl methyl sites for hydroxylation is 1. The summed E-state index contributed by atoms with van der Waals surface area (Å²) in [6.07, 6.45) is 5.52. The summed E-state index contributed by atoms with van der Waals surface area (Å²) in [5.41, 5.74) is 1.79. The number of benzene rings is 3. The first-order valence-corrected chi connectivity index (χ1v) is 12.4. The van der Waals surface area contributed by atoms with Crippen molar-refractivity contribution in [1.29, 1.82) is 0 Å². The third-order valence-corrected chi connectivity index (χ3v) is 5.48. The van der Waals surface area contributed by atoms with Crippen molar-refractivity contribution in [2.24, 2.45) is 0 Å². The lowest BCUT2D eigenvalue weighted by Gasteiger charge is -2.04. The number of carbonyl (C=O) groups excluding carboxylic acids is 3. The van der Waals surface area contributed by atoms with Crippen molar-refractivity contribution in [3.8, 4) is 0 Å². The Morgan fingerprint density at radius 3 is 1.89 bits per heavy atom. The number of fused-ring (bicyclic) bond motifs is 1. The Hall–Kier alpha value is -3.19. The summed E-state index contributed by atoms with van der Waals surface area (Å²) in [6.45, 7) is 2.14. The summed E-state index contributed by atoms with van der Waals surface area (Å²) in [5, 5.41) is 29.2. The highest BCUT2D eigenvalue weighted by atomic mass is 16.3. The van der Waals surface area contributed by atoms with E-state index in [0.717, 1.165) is 35.6 Å². The molecule has 0 amide bonds. The number of aliphatic hydroxyl groups excluding tert-OH is 3. The number of hydrogen-bond acceptors (Lipinski definition) is 6. The van der Waals surface area contributed by atoms with Crippen molar-refractivity contribution in [2.45, 2.75) is 70.2 Å². The second-order valence-electron chi connectivity index (χ2n) is 8.47. The van der Waals surface area contributed by atoms with Crippen molar-refractivity contribution in [3.63, 3.8) is 0 Å². The summed E-state index contributed by atoms with van der Waals surface area (Å²) >= 11 is 0. The van der Waals surface area contributed by atoms with Gasteiger partial charge in [-0.05, 0) is 47.2 Å². The molecule has 3 rings (SSSR count). The smallest absolute Gasteiger partial charge is 0.153 e. The van der Waals surface area contributed by atoms with E-state index in [1.807, 2.05) is 66.7 Å². The van der Waals surface area contributed by atoms with Crippen LogP contribution >= 0.6 is 0 Å². The van der Waals surface area contributed by atoms with Gasteiger partial charge in [-0.2, -0.15) is 0 Å². The minimum absolute atomic E-state index is 0.507. The van der Waals surface area contributed by atoms with Gasteiger partial charge in [-0.1, -0.05) is 99.3 Å². The maximum Gasteiger partial charge on any atom is 0.153 e. The summed E-state index contributed by atoms with van der Waals surface area (Å²) in [7, 11) is 0. The van der Waals surface area contributed by atoms with Crippen molar-refractivity contribution in [1.82, 2.24) is 0 Å². The van der Waals surface area contributed by atoms with Crippen LogP contribution in [0.5, 0.6) is 0 Å². The molecular formula is C30H38O6. The molecule has 0 fully saturated rings. The quantitative estimate of drug-likeness (QED) is 0.247. The van der Waals surface area contributed by atoms with Crippen molar-refractivity contribution < 1.29 is 29.7 Å². The predicted octanol–water partition coefficient (Wildman–Crippen LogP) is 4.77. The van der Waals surface area contributed by atoms with Gasteiger partial charge in [0.05, 0.1) is 0 Å². The molecule has 0 radical (unpaired) electrons. The topological polar surface area (TPSA) is 112 Å². The Morgan fingerprint density at radius 2 is 1.28 bits per heavy atom. The standard InChI is InChI=1S/C12H10O2.C10H12O2.C8H16O2/c13-8-12(14)11-6-5-9-3-1-2-4-10(9)7-11;11-8-10(12)7-6-9-4-2-1-3-5-9;1-2-3-4-5-6-8(10)7-9/h1-8,12,14H;1-5,8,10,12H,6-7H2;7-8,10H,2-6H2,1H3. The third-order valence-electron chi connectivity index (χ3n) is 5.48. The van der Waals surface area contributed by atoms with Crippen LogP contribution in [0.1, 0.15) is 62.7 Å². The Kier molecular flexibility index (Phi) is 16.3. The monoisotopic (exact) mass is 494 g/mol. The second kappa shape index (κ2) is 19.1. The molecular weight excluding hydrogens is 456 g/mol. The number of aliphatic hydroxyl groups is 3. The average molecular weight is 495 g/mol. The van der Waals surface area contributed by atoms with Gasteiger partial charge in [0.25, 0.3) is 0 Å². The maximum absolute atomic E-state index is 10.4. The van der Waals surface area contributed by atoms with Crippen LogP contribution in [0.4, 0.5) is 0 Å². The van der Waals surface area contributed by atoms with Crippen LogP contribution in [0, 0.1) is 0 Å². The minimum Gasteiger partial charge on any atom is -0.386 e. The first kappa shape index (κ1) is 30.8. The van der Waals surface area contributed by atoms with E-state index in [1.165, 1.54) is 12.8 Å². The Morgan fingerprint density at radius 1 is 0.667 bits per heavy atom. The molecule has 0 aliphatic heterocycles. The molecule has 0 aliphatic rings. The molecule has 6 nitrogen and oxygen atoms in total. The van der Waals surface area contributed by atoms with Crippen LogP contribution in [0.3, 0.4) is 0 Å². The van der Waals surface area contributed by atoms with E-state index < -0.39 is 18.3 Å².